The van der Waals surface area contributed by atoms with Gasteiger partial charge in [-0.1, -0.05) is 30.0 Å². The molecule has 0 aromatic carbocycles. The van der Waals surface area contributed by atoms with E-state index in [1.165, 1.54) is 34.7 Å². The van der Waals surface area contributed by atoms with Crippen LogP contribution in [0.15, 0.2) is 14.7 Å². The van der Waals surface area contributed by atoms with Crippen LogP contribution in [0, 0.1) is 0 Å². The molecule has 10 nitrogen and oxygen atoms in total. The van der Waals surface area contributed by atoms with Crippen molar-refractivity contribution in [3.8, 4) is 0 Å². The van der Waals surface area contributed by atoms with Crippen molar-refractivity contribution >= 4 is 45.3 Å². The highest BCUT2D eigenvalue weighted by molar-refractivity contribution is 7.99. The molecule has 0 radical (unpaired) electrons. The van der Waals surface area contributed by atoms with Crippen molar-refractivity contribution < 1.29 is 4.79 Å². The van der Waals surface area contributed by atoms with Crippen LogP contribution in [0.3, 0.4) is 0 Å². The third-order valence-electron chi connectivity index (χ3n) is 3.98. The van der Waals surface area contributed by atoms with E-state index in [0.29, 0.717) is 28.0 Å². The SMILES string of the molecule is CCc1nnc(NC(=O)CSc2nc3c(c(=O)n(C)c(=O)n3C)n2CC)s1. The number of hydrogen-bond acceptors (Lipinski definition) is 8. The van der Waals surface area contributed by atoms with Crippen LogP contribution in [0.25, 0.3) is 11.2 Å². The van der Waals surface area contributed by atoms with Crippen molar-refractivity contribution in [3.63, 3.8) is 0 Å². The van der Waals surface area contributed by atoms with Gasteiger partial charge in [0.1, 0.15) is 5.01 Å². The maximum Gasteiger partial charge on any atom is 0.332 e. The standard InChI is InChI=1S/C15H19N7O3S2/c1-5-9-18-19-13(27-9)16-8(23)7-26-14-17-11-10(22(14)6-2)12(24)21(4)15(25)20(11)3/h5-7H2,1-4H3,(H,16,19,23). The van der Waals surface area contributed by atoms with Crippen molar-refractivity contribution in [2.24, 2.45) is 14.1 Å². The number of rotatable bonds is 6. The number of aryl methyl sites for hydroxylation is 3. The average molecular weight is 409 g/mol. The minimum Gasteiger partial charge on any atom is -0.313 e. The van der Waals surface area contributed by atoms with E-state index in [9.17, 15) is 14.4 Å². The van der Waals surface area contributed by atoms with Gasteiger partial charge in [0, 0.05) is 20.6 Å². The van der Waals surface area contributed by atoms with E-state index in [0.717, 1.165) is 16.0 Å². The number of fused-ring (bicyclic) bond motifs is 1. The topological polar surface area (TPSA) is 117 Å². The summed E-state index contributed by atoms with van der Waals surface area (Å²) in [5.41, 5.74) is -0.184. The molecule has 3 aromatic heterocycles. The molecule has 0 aliphatic heterocycles. The van der Waals surface area contributed by atoms with E-state index in [-0.39, 0.29) is 11.7 Å². The van der Waals surface area contributed by atoms with E-state index < -0.39 is 11.2 Å². The Morgan fingerprint density at radius 3 is 2.56 bits per heavy atom. The van der Waals surface area contributed by atoms with Crippen LogP contribution in [0.4, 0.5) is 5.13 Å². The van der Waals surface area contributed by atoms with Crippen LogP contribution in [0.5, 0.6) is 0 Å². The molecule has 0 aliphatic rings. The molecule has 0 atom stereocenters. The molecule has 0 fully saturated rings. The van der Waals surface area contributed by atoms with Crippen LogP contribution in [0.1, 0.15) is 18.9 Å². The summed E-state index contributed by atoms with van der Waals surface area (Å²) in [6.07, 6.45) is 0.760. The lowest BCUT2D eigenvalue weighted by Gasteiger charge is -2.06. The summed E-state index contributed by atoms with van der Waals surface area (Å²) < 4.78 is 4.10. The fraction of sp³-hybridized carbons (Fsp3) is 0.467. The molecule has 144 valence electrons. The van der Waals surface area contributed by atoms with Gasteiger partial charge in [0.05, 0.1) is 5.75 Å². The Morgan fingerprint density at radius 1 is 1.19 bits per heavy atom. The second kappa shape index (κ2) is 7.64. The summed E-state index contributed by atoms with van der Waals surface area (Å²) in [6, 6.07) is 0. The van der Waals surface area contributed by atoms with Crippen molar-refractivity contribution in [1.29, 1.82) is 0 Å². The number of hydrogen-bond donors (Lipinski definition) is 1. The maximum atomic E-state index is 12.5. The number of nitrogens with zero attached hydrogens (tertiary/aromatic N) is 6. The van der Waals surface area contributed by atoms with Crippen LogP contribution in [-0.2, 0) is 31.9 Å². The lowest BCUT2D eigenvalue weighted by molar-refractivity contribution is -0.113. The zero-order valence-electron chi connectivity index (χ0n) is 15.3. The first-order valence-electron chi connectivity index (χ1n) is 8.28. The lowest BCUT2D eigenvalue weighted by atomic mass is 10.5. The molecule has 0 bridgehead atoms. The Bertz CT molecular complexity index is 1130. The zero-order chi connectivity index (χ0) is 19.7. The number of nitrogens with one attached hydrogen (secondary N) is 1. The Hall–Kier alpha value is -2.47. The Labute approximate surface area is 162 Å². The van der Waals surface area contributed by atoms with Gasteiger partial charge >= 0.3 is 5.69 Å². The second-order valence-electron chi connectivity index (χ2n) is 5.71. The second-order valence-corrected chi connectivity index (χ2v) is 7.71. The van der Waals surface area contributed by atoms with Crippen molar-refractivity contribution in [1.82, 2.24) is 28.9 Å². The van der Waals surface area contributed by atoms with Crippen LogP contribution < -0.4 is 16.6 Å². The summed E-state index contributed by atoms with van der Waals surface area (Å²) >= 11 is 2.53. The molecule has 0 spiro atoms. The van der Waals surface area contributed by atoms with Crippen molar-refractivity contribution in [2.75, 3.05) is 11.1 Å². The molecule has 0 aliphatic carbocycles. The summed E-state index contributed by atoms with van der Waals surface area (Å²) in [5, 5.41) is 12.4. The van der Waals surface area contributed by atoms with Gasteiger partial charge in [-0.2, -0.15) is 0 Å². The van der Waals surface area contributed by atoms with Gasteiger partial charge in [0.2, 0.25) is 11.0 Å². The molecule has 3 heterocycles. The molecule has 1 N–H and O–H groups in total. The van der Waals surface area contributed by atoms with Gasteiger partial charge < -0.3 is 4.57 Å². The number of carbonyl (C=O) groups excluding carboxylic acids is 1. The summed E-state index contributed by atoms with van der Waals surface area (Å²) in [5.74, 6) is -0.145. The van der Waals surface area contributed by atoms with Gasteiger partial charge in [-0.15, -0.1) is 10.2 Å². The fourth-order valence-electron chi connectivity index (χ4n) is 2.56. The largest absolute Gasteiger partial charge is 0.332 e. The molecular weight excluding hydrogens is 390 g/mol. The smallest absolute Gasteiger partial charge is 0.313 e. The van der Waals surface area contributed by atoms with Gasteiger partial charge in [-0.3, -0.25) is 24.0 Å². The van der Waals surface area contributed by atoms with Crippen molar-refractivity contribution in [3.05, 3.63) is 25.8 Å². The normalized spacial score (nSPS) is 11.3. The van der Waals surface area contributed by atoms with Crippen molar-refractivity contribution in [2.45, 2.75) is 32.0 Å². The third kappa shape index (κ3) is 3.54. The zero-order valence-corrected chi connectivity index (χ0v) is 17.0. The Kier molecular flexibility index (Phi) is 5.46. The minimum atomic E-state index is -0.439. The summed E-state index contributed by atoms with van der Waals surface area (Å²) in [4.78, 5) is 41.2. The summed E-state index contributed by atoms with van der Waals surface area (Å²) in [7, 11) is 3.00. The van der Waals surface area contributed by atoms with Gasteiger partial charge in [-0.25, -0.2) is 9.78 Å². The van der Waals surface area contributed by atoms with Crippen LogP contribution >= 0.6 is 23.1 Å². The van der Waals surface area contributed by atoms with Gasteiger partial charge in [0.25, 0.3) is 5.56 Å². The predicted molar refractivity (Wildman–Crippen MR) is 105 cm³/mol. The molecule has 3 rings (SSSR count). The molecular formula is C15H19N7O3S2. The number of carbonyl (C=O) groups is 1. The fourth-order valence-corrected chi connectivity index (χ4v) is 4.12. The third-order valence-corrected chi connectivity index (χ3v) is 5.94. The number of amides is 1. The first-order valence-corrected chi connectivity index (χ1v) is 10.1. The van der Waals surface area contributed by atoms with E-state index in [1.54, 1.807) is 11.6 Å². The molecule has 3 aromatic rings. The minimum absolute atomic E-state index is 0.0959. The monoisotopic (exact) mass is 409 g/mol. The molecule has 27 heavy (non-hydrogen) atoms. The average Bonchev–Trinajstić information content (AvgIpc) is 3.26. The number of anilines is 1. The first-order chi connectivity index (χ1) is 12.9. The molecule has 1 amide bonds. The van der Waals surface area contributed by atoms with Gasteiger partial charge in [-0.05, 0) is 13.3 Å². The number of aromatic nitrogens is 6. The highest BCUT2D eigenvalue weighted by Gasteiger charge is 2.19. The predicted octanol–water partition coefficient (Wildman–Crippen LogP) is 0.598. The highest BCUT2D eigenvalue weighted by atomic mass is 32.2. The van der Waals surface area contributed by atoms with Crippen LogP contribution in [-0.4, -0.2) is 40.5 Å². The molecule has 0 unspecified atom stereocenters. The molecule has 0 saturated heterocycles. The van der Waals surface area contributed by atoms with E-state index in [2.05, 4.69) is 20.5 Å². The lowest BCUT2D eigenvalue weighted by Crippen LogP contribution is -2.37. The number of thioether (sulfide) groups is 1. The van der Waals surface area contributed by atoms with Gasteiger partial charge in [0.15, 0.2) is 16.3 Å². The van der Waals surface area contributed by atoms with E-state index >= 15 is 0 Å². The maximum absolute atomic E-state index is 12.5. The van der Waals surface area contributed by atoms with E-state index in [1.807, 2.05) is 13.8 Å². The number of imidazole rings is 1. The quantitative estimate of drug-likeness (QED) is 0.593. The Morgan fingerprint density at radius 2 is 1.93 bits per heavy atom. The van der Waals surface area contributed by atoms with Crippen LogP contribution in [0.2, 0.25) is 0 Å². The Balaban J connectivity index is 1.85. The van der Waals surface area contributed by atoms with E-state index in [4.69, 9.17) is 0 Å². The highest BCUT2D eigenvalue weighted by Crippen LogP contribution is 2.22. The first kappa shape index (κ1) is 19.3. The molecule has 0 saturated carbocycles. The summed E-state index contributed by atoms with van der Waals surface area (Å²) in [6.45, 7) is 4.34. The molecule has 12 heteroatoms.